The van der Waals surface area contributed by atoms with Crippen molar-refractivity contribution in [2.45, 2.75) is 6.54 Å². The summed E-state index contributed by atoms with van der Waals surface area (Å²) in [5.74, 6) is 1.05. The van der Waals surface area contributed by atoms with Crippen molar-refractivity contribution in [2.24, 2.45) is 0 Å². The van der Waals surface area contributed by atoms with Gasteiger partial charge in [-0.3, -0.25) is 4.98 Å². The van der Waals surface area contributed by atoms with Crippen LogP contribution in [0.5, 0.6) is 0 Å². The van der Waals surface area contributed by atoms with Gasteiger partial charge in [-0.25, -0.2) is 0 Å². The molecule has 0 aromatic carbocycles. The molecule has 2 aromatic rings. The maximum Gasteiger partial charge on any atom is 0.240 e. The molecule has 0 saturated carbocycles. The normalized spacial score (nSPS) is 10.6. The number of aromatic nitrogens is 3. The first-order chi connectivity index (χ1) is 8.40. The number of ether oxygens (including phenoxy) is 1. The Morgan fingerprint density at radius 3 is 3.12 bits per heavy atom. The highest BCUT2D eigenvalue weighted by atomic mass is 16.5. The lowest BCUT2D eigenvalue weighted by Gasteiger charge is -1.98. The minimum Gasteiger partial charge on any atom is -0.383 e. The zero-order valence-corrected chi connectivity index (χ0v) is 9.59. The third kappa shape index (κ3) is 3.33. The number of rotatable bonds is 6. The van der Waals surface area contributed by atoms with Gasteiger partial charge in [-0.05, 0) is 12.1 Å². The van der Waals surface area contributed by atoms with E-state index in [0.29, 0.717) is 30.6 Å². The Labute approximate surface area is 99.0 Å². The van der Waals surface area contributed by atoms with Crippen molar-refractivity contribution in [3.63, 3.8) is 0 Å². The second-order valence-corrected chi connectivity index (χ2v) is 3.40. The summed E-state index contributed by atoms with van der Waals surface area (Å²) in [7, 11) is 1.66. The maximum absolute atomic E-state index is 5.09. The van der Waals surface area contributed by atoms with Crippen molar-refractivity contribution in [3.8, 4) is 11.5 Å². The van der Waals surface area contributed by atoms with Crippen LogP contribution in [-0.2, 0) is 11.3 Å². The van der Waals surface area contributed by atoms with E-state index in [9.17, 15) is 0 Å². The summed E-state index contributed by atoms with van der Waals surface area (Å²) in [6, 6.07) is 5.57. The molecule has 2 aromatic heterocycles. The SMILES string of the molecule is COCCNCc1nc(-c2ccccn2)no1. The van der Waals surface area contributed by atoms with Gasteiger partial charge in [-0.2, -0.15) is 4.98 Å². The third-order valence-corrected chi connectivity index (χ3v) is 2.12. The van der Waals surface area contributed by atoms with Crippen LogP contribution < -0.4 is 5.32 Å². The third-order valence-electron chi connectivity index (χ3n) is 2.12. The fraction of sp³-hybridized carbons (Fsp3) is 0.364. The molecule has 0 bridgehead atoms. The maximum atomic E-state index is 5.09. The van der Waals surface area contributed by atoms with Crippen LogP contribution in [0.2, 0.25) is 0 Å². The molecule has 0 aliphatic heterocycles. The van der Waals surface area contributed by atoms with E-state index in [4.69, 9.17) is 9.26 Å². The molecule has 0 fully saturated rings. The molecule has 0 aliphatic rings. The predicted molar refractivity (Wildman–Crippen MR) is 61.1 cm³/mol. The molecule has 90 valence electrons. The Morgan fingerprint density at radius 1 is 1.41 bits per heavy atom. The van der Waals surface area contributed by atoms with Gasteiger partial charge in [0.1, 0.15) is 5.69 Å². The predicted octanol–water partition coefficient (Wildman–Crippen LogP) is 0.868. The molecular formula is C11H14N4O2. The summed E-state index contributed by atoms with van der Waals surface area (Å²) in [4.78, 5) is 8.38. The van der Waals surface area contributed by atoms with E-state index in [-0.39, 0.29) is 0 Å². The zero-order chi connectivity index (χ0) is 11.9. The molecule has 0 radical (unpaired) electrons. The lowest BCUT2D eigenvalue weighted by Crippen LogP contribution is -2.18. The molecule has 2 heterocycles. The number of pyridine rings is 1. The summed E-state index contributed by atoms with van der Waals surface area (Å²) in [6.07, 6.45) is 1.70. The first kappa shape index (κ1) is 11.7. The van der Waals surface area contributed by atoms with Crippen molar-refractivity contribution >= 4 is 0 Å². The first-order valence-corrected chi connectivity index (χ1v) is 5.34. The highest BCUT2D eigenvalue weighted by molar-refractivity contribution is 5.46. The quantitative estimate of drug-likeness (QED) is 0.747. The van der Waals surface area contributed by atoms with Crippen LogP contribution in [0.4, 0.5) is 0 Å². The molecule has 6 heteroatoms. The van der Waals surface area contributed by atoms with Crippen LogP contribution in [0, 0.1) is 0 Å². The van der Waals surface area contributed by atoms with Crippen LogP contribution in [0.3, 0.4) is 0 Å². The van der Waals surface area contributed by atoms with E-state index >= 15 is 0 Å². The molecule has 0 amide bonds. The van der Waals surface area contributed by atoms with Gasteiger partial charge in [0.15, 0.2) is 0 Å². The lowest BCUT2D eigenvalue weighted by molar-refractivity contribution is 0.197. The Hall–Kier alpha value is -1.79. The lowest BCUT2D eigenvalue weighted by atomic mass is 10.3. The number of methoxy groups -OCH3 is 1. The molecule has 0 saturated heterocycles. The summed E-state index contributed by atoms with van der Waals surface area (Å²) in [5, 5.41) is 6.99. The molecule has 0 spiro atoms. The molecule has 6 nitrogen and oxygen atoms in total. The second kappa shape index (κ2) is 6.07. The van der Waals surface area contributed by atoms with Crippen molar-refractivity contribution in [1.29, 1.82) is 0 Å². The topological polar surface area (TPSA) is 73.1 Å². The average Bonchev–Trinajstić information content (AvgIpc) is 2.85. The number of hydrogen-bond acceptors (Lipinski definition) is 6. The second-order valence-electron chi connectivity index (χ2n) is 3.40. The Kier molecular flexibility index (Phi) is 4.17. The largest absolute Gasteiger partial charge is 0.383 e. The Bertz CT molecular complexity index is 444. The molecule has 0 aliphatic carbocycles. The first-order valence-electron chi connectivity index (χ1n) is 5.34. The smallest absolute Gasteiger partial charge is 0.240 e. The Balaban J connectivity index is 1.92. The van der Waals surface area contributed by atoms with Gasteiger partial charge < -0.3 is 14.6 Å². The minimum absolute atomic E-state index is 0.508. The molecule has 0 atom stereocenters. The number of nitrogens with zero attached hydrogens (tertiary/aromatic N) is 3. The minimum atomic E-state index is 0.508. The van der Waals surface area contributed by atoms with Crippen LogP contribution in [-0.4, -0.2) is 35.4 Å². The summed E-state index contributed by atoms with van der Waals surface area (Å²) in [6.45, 7) is 1.93. The van der Waals surface area contributed by atoms with Crippen LogP contribution in [0.15, 0.2) is 28.9 Å². The summed E-state index contributed by atoms with van der Waals surface area (Å²) >= 11 is 0. The van der Waals surface area contributed by atoms with Gasteiger partial charge in [-0.15, -0.1) is 0 Å². The highest BCUT2D eigenvalue weighted by Crippen LogP contribution is 2.11. The van der Waals surface area contributed by atoms with Crippen molar-refractivity contribution in [3.05, 3.63) is 30.3 Å². The van der Waals surface area contributed by atoms with Crippen LogP contribution in [0.25, 0.3) is 11.5 Å². The fourth-order valence-electron chi connectivity index (χ4n) is 1.30. The zero-order valence-electron chi connectivity index (χ0n) is 9.59. The molecular weight excluding hydrogens is 220 g/mol. The summed E-state index contributed by atoms with van der Waals surface area (Å²) < 4.78 is 10.0. The van der Waals surface area contributed by atoms with E-state index in [1.807, 2.05) is 18.2 Å². The molecule has 2 rings (SSSR count). The van der Waals surface area contributed by atoms with Gasteiger partial charge in [-0.1, -0.05) is 11.2 Å². The van der Waals surface area contributed by atoms with E-state index in [1.165, 1.54) is 0 Å². The van der Waals surface area contributed by atoms with Crippen molar-refractivity contribution in [2.75, 3.05) is 20.3 Å². The van der Waals surface area contributed by atoms with E-state index in [1.54, 1.807) is 13.3 Å². The molecule has 1 N–H and O–H groups in total. The van der Waals surface area contributed by atoms with E-state index < -0.39 is 0 Å². The molecule has 17 heavy (non-hydrogen) atoms. The monoisotopic (exact) mass is 234 g/mol. The van der Waals surface area contributed by atoms with Gasteiger partial charge in [0.2, 0.25) is 11.7 Å². The standard InChI is InChI=1S/C11H14N4O2/c1-16-7-6-12-8-10-14-11(15-17-10)9-4-2-3-5-13-9/h2-5,12H,6-8H2,1H3. The van der Waals surface area contributed by atoms with Gasteiger partial charge in [0, 0.05) is 19.9 Å². The number of nitrogens with one attached hydrogen (secondary N) is 1. The van der Waals surface area contributed by atoms with Crippen LogP contribution in [0.1, 0.15) is 5.89 Å². The van der Waals surface area contributed by atoms with Crippen molar-refractivity contribution < 1.29 is 9.26 Å². The van der Waals surface area contributed by atoms with Gasteiger partial charge >= 0.3 is 0 Å². The van der Waals surface area contributed by atoms with Gasteiger partial charge in [0.25, 0.3) is 0 Å². The average molecular weight is 234 g/mol. The summed E-state index contributed by atoms with van der Waals surface area (Å²) in [5.41, 5.74) is 0.708. The van der Waals surface area contributed by atoms with Crippen LogP contribution >= 0.6 is 0 Å². The Morgan fingerprint density at radius 2 is 2.35 bits per heavy atom. The van der Waals surface area contributed by atoms with E-state index in [2.05, 4.69) is 20.4 Å². The molecule has 0 unspecified atom stereocenters. The fourth-order valence-corrected chi connectivity index (χ4v) is 1.30. The number of hydrogen-bond donors (Lipinski definition) is 1. The highest BCUT2D eigenvalue weighted by Gasteiger charge is 2.08. The van der Waals surface area contributed by atoms with E-state index in [0.717, 1.165) is 6.54 Å². The van der Waals surface area contributed by atoms with Crippen molar-refractivity contribution in [1.82, 2.24) is 20.4 Å². The van der Waals surface area contributed by atoms with Gasteiger partial charge in [0.05, 0.1) is 13.2 Å².